The van der Waals surface area contributed by atoms with Crippen LogP contribution in [0.2, 0.25) is 10.2 Å². The highest BCUT2D eigenvalue weighted by atomic mass is 127. The zero-order chi connectivity index (χ0) is 16.0. The van der Waals surface area contributed by atoms with Crippen LogP contribution >= 0.6 is 47.2 Å². The van der Waals surface area contributed by atoms with Crippen molar-refractivity contribution in [1.82, 2.24) is 15.2 Å². The number of nitrogens with zero attached hydrogens (tertiary/aromatic N) is 2. The Morgan fingerprint density at radius 2 is 2.05 bits per heavy atom. The van der Waals surface area contributed by atoms with E-state index in [1.807, 2.05) is 6.92 Å². The van der Waals surface area contributed by atoms with Crippen molar-refractivity contribution in [2.24, 2.45) is 17.2 Å². The first-order valence-electron chi connectivity index (χ1n) is 6.27. The van der Waals surface area contributed by atoms with Gasteiger partial charge in [-0.25, -0.2) is 18.5 Å². The molecule has 0 aromatic carbocycles. The molecule has 1 rings (SSSR count). The van der Waals surface area contributed by atoms with Gasteiger partial charge in [-0.2, -0.15) is 0 Å². The van der Waals surface area contributed by atoms with Gasteiger partial charge in [0, 0.05) is 25.8 Å². The van der Waals surface area contributed by atoms with Crippen molar-refractivity contribution in [3.8, 4) is 0 Å². The van der Waals surface area contributed by atoms with E-state index >= 15 is 0 Å². The van der Waals surface area contributed by atoms with Gasteiger partial charge in [-0.3, -0.25) is 0 Å². The van der Waals surface area contributed by atoms with Crippen molar-refractivity contribution >= 4 is 63.2 Å². The number of aliphatic imine (C=N–C) groups is 1. The molecule has 0 atom stereocenters. The standard InChI is InChI=1S/C11H19Cl2N5O2S.HI/c1-3-15-11(16-4-5-21(14,19)20)17-7-8-6-9(12)10(13)18(8)2;/h6H,3-5,7H2,1-2H3,(H2,14,19,20)(H2,15,16,17);1H. The third kappa shape index (κ3) is 7.36. The summed E-state index contributed by atoms with van der Waals surface area (Å²) < 4.78 is 23.5. The number of nitrogens with one attached hydrogen (secondary N) is 2. The average Bonchev–Trinajstić information content (AvgIpc) is 2.62. The van der Waals surface area contributed by atoms with Crippen molar-refractivity contribution in [3.05, 3.63) is 21.9 Å². The van der Waals surface area contributed by atoms with Crippen molar-refractivity contribution in [1.29, 1.82) is 0 Å². The Hall–Kier alpha value is -0.230. The summed E-state index contributed by atoms with van der Waals surface area (Å²) in [5.41, 5.74) is 0.841. The van der Waals surface area contributed by atoms with Gasteiger partial charge in [-0.05, 0) is 13.0 Å². The van der Waals surface area contributed by atoms with Gasteiger partial charge >= 0.3 is 0 Å². The van der Waals surface area contributed by atoms with Crippen LogP contribution in [0.25, 0.3) is 0 Å². The second kappa shape index (κ2) is 9.81. The molecule has 7 nitrogen and oxygen atoms in total. The van der Waals surface area contributed by atoms with Gasteiger partial charge in [0.25, 0.3) is 0 Å². The molecule has 0 amide bonds. The highest BCUT2D eigenvalue weighted by Gasteiger charge is 2.09. The highest BCUT2D eigenvalue weighted by Crippen LogP contribution is 2.25. The molecule has 0 radical (unpaired) electrons. The maximum Gasteiger partial charge on any atom is 0.210 e. The Morgan fingerprint density at radius 3 is 2.50 bits per heavy atom. The summed E-state index contributed by atoms with van der Waals surface area (Å²) in [7, 11) is -1.70. The summed E-state index contributed by atoms with van der Waals surface area (Å²) in [5.74, 6) is 0.328. The molecule has 1 aromatic rings. The van der Waals surface area contributed by atoms with Crippen LogP contribution in [0.3, 0.4) is 0 Å². The van der Waals surface area contributed by atoms with Gasteiger partial charge in [0.1, 0.15) is 5.15 Å². The van der Waals surface area contributed by atoms with E-state index in [1.165, 1.54) is 0 Å². The molecule has 0 saturated carbocycles. The SMILES string of the molecule is CCNC(=NCc1cc(Cl)c(Cl)n1C)NCCS(N)(=O)=O.I. The van der Waals surface area contributed by atoms with E-state index in [2.05, 4.69) is 15.6 Å². The summed E-state index contributed by atoms with van der Waals surface area (Å²) in [4.78, 5) is 4.34. The van der Waals surface area contributed by atoms with Gasteiger partial charge in [0.15, 0.2) is 5.96 Å². The second-order valence-corrected chi connectivity index (χ2v) is 6.82. The van der Waals surface area contributed by atoms with E-state index in [-0.39, 0.29) is 36.3 Å². The normalized spacial score (nSPS) is 12.0. The Balaban J connectivity index is 0.00000441. The van der Waals surface area contributed by atoms with Crippen LogP contribution in [0.15, 0.2) is 11.1 Å². The predicted octanol–water partition coefficient (Wildman–Crippen LogP) is 1.29. The highest BCUT2D eigenvalue weighted by molar-refractivity contribution is 14.0. The molecule has 11 heteroatoms. The lowest BCUT2D eigenvalue weighted by molar-refractivity contribution is 0.596. The number of halogens is 3. The van der Waals surface area contributed by atoms with Crippen LogP contribution in [0.5, 0.6) is 0 Å². The lowest BCUT2D eigenvalue weighted by Gasteiger charge is -2.11. The van der Waals surface area contributed by atoms with Gasteiger partial charge in [-0.15, -0.1) is 24.0 Å². The fourth-order valence-electron chi connectivity index (χ4n) is 1.55. The molecule has 1 heterocycles. The number of primary sulfonamides is 1. The molecular formula is C11H20Cl2IN5O2S. The maximum absolute atomic E-state index is 10.9. The lowest BCUT2D eigenvalue weighted by atomic mass is 10.4. The molecular weight excluding hydrogens is 464 g/mol. The number of hydrogen-bond acceptors (Lipinski definition) is 3. The molecule has 0 aliphatic heterocycles. The van der Waals surface area contributed by atoms with Crippen LogP contribution in [0, 0.1) is 0 Å². The Bertz CT molecular complexity index is 618. The first kappa shape index (κ1) is 21.8. The number of rotatable bonds is 6. The number of guanidine groups is 1. The summed E-state index contributed by atoms with van der Waals surface area (Å²) in [6.45, 7) is 3.09. The van der Waals surface area contributed by atoms with Gasteiger partial charge in [0.05, 0.1) is 17.3 Å². The van der Waals surface area contributed by atoms with Gasteiger partial charge in [0.2, 0.25) is 10.0 Å². The number of nitrogens with two attached hydrogens (primary N) is 1. The predicted molar refractivity (Wildman–Crippen MR) is 102 cm³/mol. The van der Waals surface area contributed by atoms with E-state index in [9.17, 15) is 8.42 Å². The van der Waals surface area contributed by atoms with E-state index in [0.29, 0.717) is 29.2 Å². The molecule has 128 valence electrons. The molecule has 0 spiro atoms. The molecule has 0 bridgehead atoms. The van der Waals surface area contributed by atoms with Gasteiger partial charge in [-0.1, -0.05) is 23.2 Å². The van der Waals surface area contributed by atoms with Crippen LogP contribution in [0.1, 0.15) is 12.6 Å². The largest absolute Gasteiger partial charge is 0.357 e. The Kier molecular flexibility index (Phi) is 9.71. The minimum absolute atomic E-state index is 0. The minimum Gasteiger partial charge on any atom is -0.357 e. The number of hydrogen-bond donors (Lipinski definition) is 3. The van der Waals surface area contributed by atoms with E-state index in [0.717, 1.165) is 5.69 Å². The third-order valence-corrected chi connectivity index (χ3v) is 4.25. The van der Waals surface area contributed by atoms with Crippen molar-refractivity contribution in [2.75, 3.05) is 18.8 Å². The zero-order valence-electron chi connectivity index (χ0n) is 12.3. The fraction of sp³-hybridized carbons (Fsp3) is 0.545. The third-order valence-electron chi connectivity index (χ3n) is 2.64. The van der Waals surface area contributed by atoms with Crippen molar-refractivity contribution < 1.29 is 8.42 Å². The molecule has 22 heavy (non-hydrogen) atoms. The van der Waals surface area contributed by atoms with Crippen LogP contribution < -0.4 is 15.8 Å². The van der Waals surface area contributed by atoms with E-state index in [1.54, 1.807) is 17.7 Å². The van der Waals surface area contributed by atoms with Crippen LogP contribution in [0.4, 0.5) is 0 Å². The topological polar surface area (TPSA) is 102 Å². The molecule has 0 aliphatic carbocycles. The Labute approximate surface area is 157 Å². The molecule has 0 unspecified atom stereocenters. The van der Waals surface area contributed by atoms with E-state index < -0.39 is 10.0 Å². The average molecular weight is 484 g/mol. The fourth-order valence-corrected chi connectivity index (χ4v) is 2.36. The van der Waals surface area contributed by atoms with Crippen molar-refractivity contribution in [2.45, 2.75) is 13.5 Å². The smallest absolute Gasteiger partial charge is 0.210 e. The Morgan fingerprint density at radius 1 is 1.41 bits per heavy atom. The monoisotopic (exact) mass is 483 g/mol. The maximum atomic E-state index is 10.9. The van der Waals surface area contributed by atoms with Crippen molar-refractivity contribution in [3.63, 3.8) is 0 Å². The molecule has 1 aromatic heterocycles. The first-order valence-corrected chi connectivity index (χ1v) is 8.74. The number of sulfonamides is 1. The summed E-state index contributed by atoms with van der Waals surface area (Å²) in [6.07, 6.45) is 0. The summed E-state index contributed by atoms with van der Waals surface area (Å²) in [6, 6.07) is 1.74. The minimum atomic E-state index is -3.50. The first-order chi connectivity index (χ1) is 9.74. The van der Waals surface area contributed by atoms with Gasteiger partial charge < -0.3 is 15.2 Å². The molecule has 0 saturated heterocycles. The molecule has 0 aliphatic rings. The second-order valence-electron chi connectivity index (χ2n) is 4.32. The summed E-state index contributed by atoms with van der Waals surface area (Å²) >= 11 is 11.9. The van der Waals surface area contributed by atoms with Crippen LogP contribution in [-0.4, -0.2) is 37.8 Å². The zero-order valence-corrected chi connectivity index (χ0v) is 16.9. The molecule has 0 fully saturated rings. The quantitative estimate of drug-likeness (QED) is 0.322. The molecule has 4 N–H and O–H groups in total. The summed E-state index contributed by atoms with van der Waals surface area (Å²) in [5, 5.41) is 11.8. The van der Waals surface area contributed by atoms with E-state index in [4.69, 9.17) is 28.3 Å². The lowest BCUT2D eigenvalue weighted by Crippen LogP contribution is -2.40. The van der Waals surface area contributed by atoms with Crippen LogP contribution in [-0.2, 0) is 23.6 Å². The number of aromatic nitrogens is 1.